The van der Waals surface area contributed by atoms with E-state index in [9.17, 15) is 0 Å². The third-order valence-corrected chi connectivity index (χ3v) is 6.65. The van der Waals surface area contributed by atoms with E-state index in [1.165, 1.54) is 11.5 Å². The van der Waals surface area contributed by atoms with Crippen LogP contribution in [0.3, 0.4) is 0 Å². The standard InChI is InChI=1S/C19H22ClN5O2S/c1-12-11-26-9-7-24(12)15-10-13(20)19-18(22-15)17(23-28-19)14-5-6-21-25(14)16-4-2-3-8-27-16/h5-6,10,12,16H,2-4,7-9,11H2,1H3. The molecule has 2 unspecified atom stereocenters. The third-order valence-electron chi connectivity index (χ3n) is 5.37. The smallest absolute Gasteiger partial charge is 0.150 e. The highest BCUT2D eigenvalue weighted by atomic mass is 35.5. The first kappa shape index (κ1) is 18.3. The van der Waals surface area contributed by atoms with Crippen LogP contribution in [0.25, 0.3) is 21.6 Å². The van der Waals surface area contributed by atoms with E-state index in [4.69, 9.17) is 30.4 Å². The summed E-state index contributed by atoms with van der Waals surface area (Å²) in [5, 5.41) is 5.20. The maximum absolute atomic E-state index is 6.62. The van der Waals surface area contributed by atoms with Crippen LogP contribution in [0.15, 0.2) is 18.3 Å². The number of hydrogen-bond donors (Lipinski definition) is 0. The highest BCUT2D eigenvalue weighted by Crippen LogP contribution is 2.38. The van der Waals surface area contributed by atoms with Crippen molar-refractivity contribution in [1.82, 2.24) is 19.1 Å². The molecule has 0 saturated carbocycles. The number of ether oxygens (including phenoxy) is 2. The van der Waals surface area contributed by atoms with E-state index in [1.54, 1.807) is 6.20 Å². The minimum atomic E-state index is -0.0478. The fourth-order valence-corrected chi connectivity index (χ4v) is 4.93. The molecular formula is C19H22ClN5O2S. The summed E-state index contributed by atoms with van der Waals surface area (Å²) in [6.07, 6.45) is 4.96. The van der Waals surface area contributed by atoms with Gasteiger partial charge in [-0.1, -0.05) is 11.6 Å². The lowest BCUT2D eigenvalue weighted by molar-refractivity contribution is -0.0383. The highest BCUT2D eigenvalue weighted by molar-refractivity contribution is 7.14. The minimum Gasteiger partial charge on any atom is -0.377 e. The van der Waals surface area contributed by atoms with Crippen LogP contribution in [0.2, 0.25) is 5.02 Å². The van der Waals surface area contributed by atoms with E-state index in [1.807, 2.05) is 16.8 Å². The summed E-state index contributed by atoms with van der Waals surface area (Å²) in [6, 6.07) is 4.17. The summed E-state index contributed by atoms with van der Waals surface area (Å²) in [5.74, 6) is 0.870. The molecule has 3 aromatic rings. The van der Waals surface area contributed by atoms with E-state index in [-0.39, 0.29) is 12.3 Å². The van der Waals surface area contributed by atoms with Gasteiger partial charge in [0, 0.05) is 25.4 Å². The van der Waals surface area contributed by atoms with Crippen molar-refractivity contribution in [3.05, 3.63) is 23.4 Å². The van der Waals surface area contributed by atoms with Gasteiger partial charge < -0.3 is 14.4 Å². The van der Waals surface area contributed by atoms with Gasteiger partial charge in [0.15, 0.2) is 6.23 Å². The average molecular weight is 420 g/mol. The van der Waals surface area contributed by atoms with E-state index in [0.29, 0.717) is 18.2 Å². The topological polar surface area (TPSA) is 65.3 Å². The number of halogens is 1. The van der Waals surface area contributed by atoms with Gasteiger partial charge in [0.1, 0.15) is 17.0 Å². The van der Waals surface area contributed by atoms with Crippen LogP contribution >= 0.6 is 23.1 Å². The minimum absolute atomic E-state index is 0.0478. The largest absolute Gasteiger partial charge is 0.377 e. The zero-order chi connectivity index (χ0) is 19.1. The van der Waals surface area contributed by atoms with E-state index >= 15 is 0 Å². The van der Waals surface area contributed by atoms with Crippen LogP contribution in [0.1, 0.15) is 32.4 Å². The second kappa shape index (κ2) is 7.59. The average Bonchev–Trinajstić information content (AvgIpc) is 3.36. The van der Waals surface area contributed by atoms with Crippen molar-refractivity contribution in [1.29, 1.82) is 0 Å². The number of aromatic nitrogens is 4. The number of hydrogen-bond acceptors (Lipinski definition) is 7. The van der Waals surface area contributed by atoms with Crippen LogP contribution in [0, 0.1) is 0 Å². The van der Waals surface area contributed by atoms with Crippen LogP contribution in [0.4, 0.5) is 5.82 Å². The molecule has 5 heterocycles. The van der Waals surface area contributed by atoms with Crippen molar-refractivity contribution in [2.75, 3.05) is 31.3 Å². The lowest BCUT2D eigenvalue weighted by Crippen LogP contribution is -2.44. The number of fused-ring (bicyclic) bond motifs is 1. The Morgan fingerprint density at radius 2 is 2.21 bits per heavy atom. The fourth-order valence-electron chi connectivity index (χ4n) is 3.90. The maximum Gasteiger partial charge on any atom is 0.150 e. The monoisotopic (exact) mass is 419 g/mol. The molecule has 28 heavy (non-hydrogen) atoms. The molecule has 2 fully saturated rings. The Hall–Kier alpha value is -1.74. The number of pyridine rings is 1. The molecule has 0 aromatic carbocycles. The number of rotatable bonds is 3. The molecular weight excluding hydrogens is 398 g/mol. The predicted molar refractivity (Wildman–Crippen MR) is 110 cm³/mol. The van der Waals surface area contributed by atoms with Crippen LogP contribution < -0.4 is 4.90 Å². The molecule has 0 N–H and O–H groups in total. The molecule has 2 aliphatic heterocycles. The zero-order valence-corrected chi connectivity index (χ0v) is 17.2. The molecule has 0 spiro atoms. The molecule has 5 rings (SSSR count). The highest BCUT2D eigenvalue weighted by Gasteiger charge is 2.25. The Bertz CT molecular complexity index is 984. The molecule has 2 atom stereocenters. The fraction of sp³-hybridized carbons (Fsp3) is 0.526. The normalized spacial score (nSPS) is 23.4. The summed E-state index contributed by atoms with van der Waals surface area (Å²) < 4.78 is 19.0. The van der Waals surface area contributed by atoms with Crippen LogP contribution in [-0.2, 0) is 9.47 Å². The summed E-state index contributed by atoms with van der Waals surface area (Å²) in [4.78, 5) is 7.21. The maximum atomic E-state index is 6.62. The first-order valence-corrected chi connectivity index (χ1v) is 10.8. The van der Waals surface area contributed by atoms with Gasteiger partial charge in [0.05, 0.1) is 34.7 Å². The van der Waals surface area contributed by atoms with Crippen molar-refractivity contribution >= 4 is 39.2 Å². The summed E-state index contributed by atoms with van der Waals surface area (Å²) in [5.41, 5.74) is 2.56. The molecule has 7 nitrogen and oxygen atoms in total. The van der Waals surface area contributed by atoms with Crippen molar-refractivity contribution in [3.63, 3.8) is 0 Å². The van der Waals surface area contributed by atoms with Gasteiger partial charge in [-0.25, -0.2) is 9.67 Å². The van der Waals surface area contributed by atoms with E-state index in [0.717, 1.165) is 59.8 Å². The number of morpholine rings is 1. The molecule has 0 amide bonds. The molecule has 2 aliphatic rings. The van der Waals surface area contributed by atoms with Gasteiger partial charge in [-0.15, -0.1) is 0 Å². The number of nitrogens with zero attached hydrogens (tertiary/aromatic N) is 5. The van der Waals surface area contributed by atoms with Crippen molar-refractivity contribution in [2.45, 2.75) is 38.5 Å². The molecule has 3 aromatic heterocycles. The van der Waals surface area contributed by atoms with Gasteiger partial charge in [0.2, 0.25) is 0 Å². The van der Waals surface area contributed by atoms with Gasteiger partial charge in [0.25, 0.3) is 0 Å². The summed E-state index contributed by atoms with van der Waals surface area (Å²) >= 11 is 8.00. The van der Waals surface area contributed by atoms with Crippen molar-refractivity contribution < 1.29 is 9.47 Å². The molecule has 9 heteroatoms. The Morgan fingerprint density at radius 3 is 3.04 bits per heavy atom. The Kier molecular flexibility index (Phi) is 4.96. The molecule has 0 bridgehead atoms. The molecule has 2 saturated heterocycles. The second-order valence-electron chi connectivity index (χ2n) is 7.27. The summed E-state index contributed by atoms with van der Waals surface area (Å²) in [6.45, 7) is 5.10. The molecule has 0 aliphatic carbocycles. The van der Waals surface area contributed by atoms with Gasteiger partial charge in [-0.2, -0.15) is 9.47 Å². The SMILES string of the molecule is CC1COCCN1c1cc(Cl)c2snc(-c3ccnn3C3CCCCO3)c2n1. The zero-order valence-electron chi connectivity index (χ0n) is 15.7. The summed E-state index contributed by atoms with van der Waals surface area (Å²) in [7, 11) is 0. The van der Waals surface area contributed by atoms with Crippen LogP contribution in [0.5, 0.6) is 0 Å². The first-order chi connectivity index (χ1) is 13.7. The molecule has 148 valence electrons. The quantitative estimate of drug-likeness (QED) is 0.635. The third kappa shape index (κ3) is 3.18. The Labute approximate surface area is 172 Å². The van der Waals surface area contributed by atoms with Gasteiger partial charge in [-0.05, 0) is 43.8 Å². The lowest BCUT2D eigenvalue weighted by Gasteiger charge is -2.34. The Morgan fingerprint density at radius 1 is 1.29 bits per heavy atom. The van der Waals surface area contributed by atoms with Crippen molar-refractivity contribution in [3.8, 4) is 11.4 Å². The van der Waals surface area contributed by atoms with Gasteiger partial charge in [-0.3, -0.25) is 0 Å². The van der Waals surface area contributed by atoms with E-state index < -0.39 is 0 Å². The number of anilines is 1. The molecule has 0 radical (unpaired) electrons. The first-order valence-electron chi connectivity index (χ1n) is 9.68. The van der Waals surface area contributed by atoms with Crippen LogP contribution in [-0.4, -0.2) is 51.5 Å². The predicted octanol–water partition coefficient (Wildman–Crippen LogP) is 4.13. The second-order valence-corrected chi connectivity index (χ2v) is 8.45. The van der Waals surface area contributed by atoms with Crippen molar-refractivity contribution in [2.24, 2.45) is 0 Å². The lowest BCUT2D eigenvalue weighted by atomic mass is 10.2. The van der Waals surface area contributed by atoms with E-state index in [2.05, 4.69) is 16.9 Å². The van der Waals surface area contributed by atoms with Gasteiger partial charge >= 0.3 is 0 Å². The Balaban J connectivity index is 1.59.